The van der Waals surface area contributed by atoms with Crippen LogP contribution >= 0.6 is 11.6 Å². The number of halogens is 1. The average molecular weight is 255 g/mol. The summed E-state index contributed by atoms with van der Waals surface area (Å²) < 4.78 is 5.51. The second-order valence-corrected chi connectivity index (χ2v) is 5.11. The Morgan fingerprint density at radius 3 is 3.06 bits per heavy atom. The minimum atomic E-state index is 0.336. The van der Waals surface area contributed by atoms with Gasteiger partial charge in [-0.1, -0.05) is 24.6 Å². The van der Waals surface area contributed by atoms with Crippen molar-refractivity contribution < 1.29 is 4.74 Å². The van der Waals surface area contributed by atoms with Gasteiger partial charge >= 0.3 is 0 Å². The topological polar surface area (TPSA) is 25.4 Å². The van der Waals surface area contributed by atoms with Crippen molar-refractivity contribution >= 4 is 11.6 Å². The maximum absolute atomic E-state index is 5.89. The van der Waals surface area contributed by atoms with Crippen LogP contribution in [0.25, 0.3) is 0 Å². The SMILES string of the molecule is COC1CN(Cc2cccc(Cl)n2)CCC1C. The third kappa shape index (κ3) is 3.41. The number of piperidine rings is 1. The Hall–Kier alpha value is -0.640. The molecule has 4 heteroatoms. The normalized spacial score (nSPS) is 26.1. The molecular formula is C13H19ClN2O. The van der Waals surface area contributed by atoms with Gasteiger partial charge in [0, 0.05) is 20.2 Å². The Morgan fingerprint density at radius 1 is 1.53 bits per heavy atom. The standard InChI is InChI=1S/C13H19ClN2O/c1-10-6-7-16(9-12(10)17-2)8-11-4-3-5-13(14)15-11/h3-5,10,12H,6-9H2,1-2H3. The molecule has 0 aromatic carbocycles. The number of methoxy groups -OCH3 is 1. The number of likely N-dealkylation sites (tertiary alicyclic amines) is 1. The van der Waals surface area contributed by atoms with Crippen LogP contribution in [0.4, 0.5) is 0 Å². The highest BCUT2D eigenvalue weighted by atomic mass is 35.5. The fraction of sp³-hybridized carbons (Fsp3) is 0.615. The molecule has 2 rings (SSSR count). The fourth-order valence-corrected chi connectivity index (χ4v) is 2.50. The highest BCUT2D eigenvalue weighted by Crippen LogP contribution is 2.20. The van der Waals surface area contributed by atoms with E-state index < -0.39 is 0 Å². The first-order valence-corrected chi connectivity index (χ1v) is 6.43. The van der Waals surface area contributed by atoms with E-state index in [0.717, 1.165) is 25.3 Å². The molecule has 2 atom stereocenters. The molecule has 1 aromatic heterocycles. The van der Waals surface area contributed by atoms with Crippen molar-refractivity contribution in [2.45, 2.75) is 26.0 Å². The number of rotatable bonds is 3. The molecule has 2 heterocycles. The largest absolute Gasteiger partial charge is 0.380 e. The molecule has 0 spiro atoms. The van der Waals surface area contributed by atoms with Crippen molar-refractivity contribution in [2.75, 3.05) is 20.2 Å². The van der Waals surface area contributed by atoms with Crippen LogP contribution in [0.3, 0.4) is 0 Å². The Morgan fingerprint density at radius 2 is 2.35 bits per heavy atom. The van der Waals surface area contributed by atoms with Crippen LogP contribution in [0.1, 0.15) is 19.0 Å². The Balaban J connectivity index is 1.95. The van der Waals surface area contributed by atoms with E-state index in [1.807, 2.05) is 12.1 Å². The fourth-order valence-electron chi connectivity index (χ4n) is 2.32. The van der Waals surface area contributed by atoms with E-state index in [-0.39, 0.29) is 0 Å². The molecule has 17 heavy (non-hydrogen) atoms. The van der Waals surface area contributed by atoms with Gasteiger partial charge in [-0.25, -0.2) is 4.98 Å². The van der Waals surface area contributed by atoms with Crippen molar-refractivity contribution in [2.24, 2.45) is 5.92 Å². The van der Waals surface area contributed by atoms with E-state index in [0.29, 0.717) is 17.2 Å². The second-order valence-electron chi connectivity index (χ2n) is 4.73. The lowest BCUT2D eigenvalue weighted by atomic mass is 9.96. The summed E-state index contributed by atoms with van der Waals surface area (Å²) in [6.45, 7) is 5.19. The first-order chi connectivity index (χ1) is 8.19. The van der Waals surface area contributed by atoms with Crippen molar-refractivity contribution in [3.63, 3.8) is 0 Å². The molecule has 94 valence electrons. The number of aromatic nitrogens is 1. The molecule has 0 bridgehead atoms. The van der Waals surface area contributed by atoms with Crippen molar-refractivity contribution in [3.05, 3.63) is 29.0 Å². The van der Waals surface area contributed by atoms with Crippen molar-refractivity contribution in [3.8, 4) is 0 Å². The van der Waals surface area contributed by atoms with E-state index in [2.05, 4.69) is 16.8 Å². The first kappa shape index (κ1) is 12.8. The van der Waals surface area contributed by atoms with Crippen LogP contribution in [0.2, 0.25) is 5.15 Å². The number of pyridine rings is 1. The monoisotopic (exact) mass is 254 g/mol. The molecule has 2 unspecified atom stereocenters. The summed E-state index contributed by atoms with van der Waals surface area (Å²) in [6.07, 6.45) is 1.52. The maximum Gasteiger partial charge on any atom is 0.129 e. The summed E-state index contributed by atoms with van der Waals surface area (Å²) in [6, 6.07) is 5.78. The molecule has 1 fully saturated rings. The van der Waals surface area contributed by atoms with Gasteiger partial charge in [0.05, 0.1) is 11.8 Å². The van der Waals surface area contributed by atoms with Crippen molar-refractivity contribution in [1.29, 1.82) is 0 Å². The Bertz CT molecular complexity index is 372. The lowest BCUT2D eigenvalue weighted by Crippen LogP contribution is -2.43. The maximum atomic E-state index is 5.89. The van der Waals surface area contributed by atoms with Gasteiger partial charge in [0.2, 0.25) is 0 Å². The van der Waals surface area contributed by atoms with Crippen LogP contribution in [-0.2, 0) is 11.3 Å². The number of nitrogens with zero attached hydrogens (tertiary/aromatic N) is 2. The third-order valence-electron chi connectivity index (χ3n) is 3.43. The molecule has 1 aliphatic heterocycles. The van der Waals surface area contributed by atoms with E-state index in [1.165, 1.54) is 6.42 Å². The van der Waals surface area contributed by atoms with Crippen LogP contribution in [0, 0.1) is 5.92 Å². The van der Waals surface area contributed by atoms with E-state index in [4.69, 9.17) is 16.3 Å². The van der Waals surface area contributed by atoms with Gasteiger partial charge in [0.1, 0.15) is 5.15 Å². The molecule has 1 saturated heterocycles. The lowest BCUT2D eigenvalue weighted by Gasteiger charge is -2.35. The Labute approximate surface area is 108 Å². The predicted molar refractivity (Wildman–Crippen MR) is 69.1 cm³/mol. The van der Waals surface area contributed by atoms with Gasteiger partial charge < -0.3 is 4.74 Å². The zero-order valence-corrected chi connectivity index (χ0v) is 11.2. The van der Waals surface area contributed by atoms with Gasteiger partial charge in [-0.2, -0.15) is 0 Å². The van der Waals surface area contributed by atoms with Gasteiger partial charge in [-0.15, -0.1) is 0 Å². The van der Waals surface area contributed by atoms with Gasteiger partial charge in [0.15, 0.2) is 0 Å². The van der Waals surface area contributed by atoms with Gasteiger partial charge in [-0.05, 0) is 31.0 Å². The molecule has 0 amide bonds. The zero-order valence-electron chi connectivity index (χ0n) is 10.4. The van der Waals surface area contributed by atoms with E-state index in [9.17, 15) is 0 Å². The summed E-state index contributed by atoms with van der Waals surface area (Å²) in [7, 11) is 1.79. The van der Waals surface area contributed by atoms with Gasteiger partial charge in [0.25, 0.3) is 0 Å². The van der Waals surface area contributed by atoms with Crippen LogP contribution in [0.15, 0.2) is 18.2 Å². The lowest BCUT2D eigenvalue weighted by molar-refractivity contribution is -0.00778. The predicted octanol–water partition coefficient (Wildman–Crippen LogP) is 2.59. The van der Waals surface area contributed by atoms with Crippen LogP contribution in [-0.4, -0.2) is 36.2 Å². The van der Waals surface area contributed by atoms with E-state index in [1.54, 1.807) is 13.2 Å². The highest BCUT2D eigenvalue weighted by Gasteiger charge is 2.25. The first-order valence-electron chi connectivity index (χ1n) is 6.05. The molecule has 1 aromatic rings. The van der Waals surface area contributed by atoms with Crippen LogP contribution in [0.5, 0.6) is 0 Å². The summed E-state index contributed by atoms with van der Waals surface area (Å²) in [5, 5.41) is 0.566. The molecule has 3 nitrogen and oxygen atoms in total. The minimum absolute atomic E-state index is 0.336. The molecule has 1 aliphatic rings. The summed E-state index contributed by atoms with van der Waals surface area (Å²) in [4.78, 5) is 6.70. The van der Waals surface area contributed by atoms with Gasteiger partial charge in [-0.3, -0.25) is 4.90 Å². The van der Waals surface area contributed by atoms with E-state index >= 15 is 0 Å². The summed E-state index contributed by atoms with van der Waals surface area (Å²) in [5.41, 5.74) is 1.03. The number of ether oxygens (including phenoxy) is 1. The molecule has 0 radical (unpaired) electrons. The summed E-state index contributed by atoms with van der Waals surface area (Å²) in [5.74, 6) is 0.642. The Kier molecular flexibility index (Phi) is 4.37. The van der Waals surface area contributed by atoms with Crippen molar-refractivity contribution in [1.82, 2.24) is 9.88 Å². The number of hydrogen-bond acceptors (Lipinski definition) is 3. The minimum Gasteiger partial charge on any atom is -0.380 e. The summed E-state index contributed by atoms with van der Waals surface area (Å²) >= 11 is 5.89. The molecule has 0 aliphatic carbocycles. The smallest absolute Gasteiger partial charge is 0.129 e. The number of hydrogen-bond donors (Lipinski definition) is 0. The third-order valence-corrected chi connectivity index (χ3v) is 3.65. The molecule has 0 saturated carbocycles. The highest BCUT2D eigenvalue weighted by molar-refractivity contribution is 6.29. The van der Waals surface area contributed by atoms with Crippen LogP contribution < -0.4 is 0 Å². The molecular weight excluding hydrogens is 236 g/mol. The zero-order chi connectivity index (χ0) is 12.3. The average Bonchev–Trinajstić information content (AvgIpc) is 2.32. The molecule has 0 N–H and O–H groups in total. The quantitative estimate of drug-likeness (QED) is 0.776. The second kappa shape index (κ2) is 5.80.